The van der Waals surface area contributed by atoms with Crippen LogP contribution in [0.1, 0.15) is 0 Å². The second kappa shape index (κ2) is 5.26. The fourth-order valence-electron chi connectivity index (χ4n) is 1.85. The van der Waals surface area contributed by atoms with Crippen molar-refractivity contribution in [2.45, 2.75) is 11.1 Å². The van der Waals surface area contributed by atoms with Gasteiger partial charge in [-0.1, -0.05) is 24.4 Å². The van der Waals surface area contributed by atoms with Gasteiger partial charge in [0.25, 0.3) is 10.0 Å². The van der Waals surface area contributed by atoms with Crippen molar-refractivity contribution in [3.63, 3.8) is 0 Å². The molecule has 2 N–H and O–H groups in total. The summed E-state index contributed by atoms with van der Waals surface area (Å²) in [5.74, 6) is -2.06. The molecule has 1 unspecified atom stereocenters. The Hall–Kier alpha value is -1.68. The number of halogens is 3. The Balaban J connectivity index is 2.41. The third-order valence-corrected chi connectivity index (χ3v) is 4.45. The first-order valence-corrected chi connectivity index (χ1v) is 7.50. The molecule has 0 saturated carbocycles. The number of para-hydroxylation sites is 1. The average molecular weight is 337 g/mol. The lowest BCUT2D eigenvalue weighted by Crippen LogP contribution is -2.44. The number of hydrogen-bond acceptors (Lipinski definition) is 4. The largest absolute Gasteiger partial charge is 0.399 e. The second-order valence-electron chi connectivity index (χ2n) is 4.31. The van der Waals surface area contributed by atoms with E-state index in [9.17, 15) is 21.6 Å². The highest BCUT2D eigenvalue weighted by molar-refractivity contribution is 7.90. The molecule has 0 radical (unpaired) electrons. The minimum absolute atomic E-state index is 0.109. The Morgan fingerprint density at radius 2 is 2.00 bits per heavy atom. The van der Waals surface area contributed by atoms with Gasteiger partial charge in [-0.05, 0) is 12.1 Å². The van der Waals surface area contributed by atoms with Gasteiger partial charge in [0.05, 0.1) is 10.7 Å². The van der Waals surface area contributed by atoms with Crippen LogP contribution in [0.15, 0.2) is 33.6 Å². The van der Waals surface area contributed by atoms with Gasteiger partial charge in [-0.25, -0.2) is 0 Å². The van der Waals surface area contributed by atoms with Crippen LogP contribution in [0.2, 0.25) is 0 Å². The van der Waals surface area contributed by atoms with Crippen LogP contribution in [-0.4, -0.2) is 32.5 Å². The second-order valence-corrected chi connectivity index (χ2v) is 6.38. The molecule has 0 aromatic heterocycles. The van der Waals surface area contributed by atoms with E-state index in [0.29, 0.717) is 0 Å². The summed E-state index contributed by atoms with van der Waals surface area (Å²) in [4.78, 5) is 0.214. The summed E-state index contributed by atoms with van der Waals surface area (Å²) in [6.07, 6.45) is -3.78. The number of nitrogens with two attached hydrogens (primary N) is 1. The number of nitrogens with zero attached hydrogens (tertiary/aromatic N) is 2. The third-order valence-electron chi connectivity index (χ3n) is 2.90. The molecule has 0 bridgehead atoms. The molecule has 0 saturated heterocycles. The van der Waals surface area contributed by atoms with E-state index < -0.39 is 33.7 Å². The van der Waals surface area contributed by atoms with Gasteiger partial charge in [0.1, 0.15) is 17.2 Å². The molecule has 2 rings (SSSR count). The molecule has 10 heteroatoms. The number of fused-ring (bicyclic) bond motifs is 1. The summed E-state index contributed by atoms with van der Waals surface area (Å²) in [5.41, 5.74) is 5.24. The van der Waals surface area contributed by atoms with E-state index in [0.717, 1.165) is 11.2 Å². The van der Waals surface area contributed by atoms with Gasteiger partial charge in [0, 0.05) is 6.54 Å². The number of sulfonamides is 1. The molecule has 1 atom stereocenters. The van der Waals surface area contributed by atoms with Crippen molar-refractivity contribution in [2.24, 2.45) is 16.0 Å². The predicted octanol–water partition coefficient (Wildman–Crippen LogP) is 1.69. The zero-order valence-corrected chi connectivity index (χ0v) is 12.0. The highest BCUT2D eigenvalue weighted by Crippen LogP contribution is 2.33. The molecular formula is C11H10F3N3O2S2. The Kier molecular flexibility index (Phi) is 3.93. The fourth-order valence-corrected chi connectivity index (χ4v) is 3.11. The van der Waals surface area contributed by atoms with E-state index in [-0.39, 0.29) is 10.6 Å². The van der Waals surface area contributed by atoms with Crippen LogP contribution in [0, 0.1) is 5.92 Å². The minimum atomic E-state index is -4.62. The number of hydrogen-bond donors (Lipinski definition) is 1. The van der Waals surface area contributed by atoms with Gasteiger partial charge in [0.15, 0.2) is 0 Å². The molecular weight excluding hydrogens is 327 g/mol. The van der Waals surface area contributed by atoms with Crippen molar-refractivity contribution in [3.05, 3.63) is 24.3 Å². The summed E-state index contributed by atoms with van der Waals surface area (Å²) in [6, 6.07) is 5.65. The summed E-state index contributed by atoms with van der Waals surface area (Å²) in [7, 11) is -3.88. The molecule has 1 aromatic carbocycles. The quantitative estimate of drug-likeness (QED) is 0.850. The minimum Gasteiger partial charge on any atom is -0.393 e. The van der Waals surface area contributed by atoms with Crippen LogP contribution in [0.5, 0.6) is 0 Å². The lowest BCUT2D eigenvalue weighted by molar-refractivity contribution is -0.152. The van der Waals surface area contributed by atoms with Gasteiger partial charge < -0.3 is 10.6 Å². The highest BCUT2D eigenvalue weighted by atomic mass is 32.2. The monoisotopic (exact) mass is 337 g/mol. The van der Waals surface area contributed by atoms with Gasteiger partial charge in [-0.15, -0.1) is 4.40 Å². The average Bonchev–Trinajstić information content (AvgIpc) is 2.36. The Labute approximate surface area is 124 Å². The van der Waals surface area contributed by atoms with E-state index in [1.165, 1.54) is 24.3 Å². The first kappa shape index (κ1) is 15.7. The van der Waals surface area contributed by atoms with Crippen LogP contribution >= 0.6 is 12.2 Å². The van der Waals surface area contributed by atoms with Crippen molar-refractivity contribution in [1.82, 2.24) is 0 Å². The first-order valence-electron chi connectivity index (χ1n) is 5.65. The zero-order chi connectivity index (χ0) is 15.8. The predicted molar refractivity (Wildman–Crippen MR) is 75.8 cm³/mol. The smallest absolute Gasteiger partial charge is 0.393 e. The van der Waals surface area contributed by atoms with Crippen LogP contribution < -0.4 is 10.6 Å². The summed E-state index contributed by atoms with van der Waals surface area (Å²) >= 11 is 4.45. The van der Waals surface area contributed by atoms with Crippen molar-refractivity contribution in [3.8, 4) is 0 Å². The molecule has 0 fully saturated rings. The van der Waals surface area contributed by atoms with Crippen LogP contribution in [0.3, 0.4) is 0 Å². The first-order chi connectivity index (χ1) is 9.63. The molecule has 1 heterocycles. The maximum absolute atomic E-state index is 12.9. The van der Waals surface area contributed by atoms with Gasteiger partial charge in [-0.2, -0.15) is 21.6 Å². The summed E-state index contributed by atoms with van der Waals surface area (Å²) in [6.45, 7) is -0.630. The van der Waals surface area contributed by atoms with Crippen molar-refractivity contribution >= 4 is 39.3 Å². The fraction of sp³-hybridized carbons (Fsp3) is 0.273. The Morgan fingerprint density at radius 3 is 2.57 bits per heavy atom. The van der Waals surface area contributed by atoms with E-state index in [1.54, 1.807) is 0 Å². The molecule has 0 spiro atoms. The lowest BCUT2D eigenvalue weighted by atomic mass is 10.1. The molecule has 1 aliphatic heterocycles. The van der Waals surface area contributed by atoms with Gasteiger partial charge >= 0.3 is 6.18 Å². The van der Waals surface area contributed by atoms with Crippen LogP contribution in [0.25, 0.3) is 0 Å². The topological polar surface area (TPSA) is 75.8 Å². The zero-order valence-electron chi connectivity index (χ0n) is 10.4. The molecule has 21 heavy (non-hydrogen) atoms. The number of benzene rings is 1. The van der Waals surface area contributed by atoms with Gasteiger partial charge in [0.2, 0.25) is 0 Å². The maximum atomic E-state index is 12.9. The third kappa shape index (κ3) is 3.16. The number of alkyl halides is 3. The van der Waals surface area contributed by atoms with Crippen LogP contribution in [-0.2, 0) is 10.0 Å². The highest BCUT2D eigenvalue weighted by Gasteiger charge is 2.43. The number of thiocarbonyl (C=S) groups is 1. The Morgan fingerprint density at radius 1 is 1.38 bits per heavy atom. The lowest BCUT2D eigenvalue weighted by Gasteiger charge is -2.29. The number of anilines is 1. The molecule has 1 aromatic rings. The van der Waals surface area contributed by atoms with Crippen molar-refractivity contribution < 1.29 is 21.6 Å². The molecule has 1 aliphatic rings. The molecule has 5 nitrogen and oxygen atoms in total. The van der Waals surface area contributed by atoms with Crippen molar-refractivity contribution in [1.29, 1.82) is 0 Å². The Bertz CT molecular complexity index is 701. The van der Waals surface area contributed by atoms with Crippen molar-refractivity contribution in [2.75, 3.05) is 11.4 Å². The normalized spacial score (nSPS) is 18.1. The van der Waals surface area contributed by atoms with E-state index >= 15 is 0 Å². The molecule has 0 aliphatic carbocycles. The van der Waals surface area contributed by atoms with E-state index in [4.69, 9.17) is 5.73 Å². The summed E-state index contributed by atoms with van der Waals surface area (Å²) < 4.78 is 65.5. The summed E-state index contributed by atoms with van der Waals surface area (Å²) in [5, 5.41) is 0. The van der Waals surface area contributed by atoms with E-state index in [2.05, 4.69) is 16.6 Å². The van der Waals surface area contributed by atoms with Crippen LogP contribution in [0.4, 0.5) is 18.9 Å². The van der Waals surface area contributed by atoms with Gasteiger partial charge in [-0.3, -0.25) is 0 Å². The molecule has 114 valence electrons. The van der Waals surface area contributed by atoms with E-state index in [1.807, 2.05) is 0 Å². The SMILES string of the molecule is NC(=S)C(CN1C=NS(=O)(=O)c2ccccc21)C(F)(F)F. The standard InChI is InChI=1S/C11H10F3N3O2S2/c12-11(13,14)7(10(15)20)5-17-6-16-21(18,19)9-4-2-1-3-8(9)17/h1-4,6-7H,5H2,(H2,15,20). The molecule has 0 amide bonds. The maximum Gasteiger partial charge on any atom is 0.399 e. The number of rotatable bonds is 3.